The first-order valence-electron chi connectivity index (χ1n) is 14.7. The first kappa shape index (κ1) is 26.5. The fourth-order valence-electron chi connectivity index (χ4n) is 6.90. The first-order chi connectivity index (χ1) is 22.5. The second-order valence-electron chi connectivity index (χ2n) is 11.3. The van der Waals surface area contributed by atoms with E-state index in [1.807, 2.05) is 66.7 Å². The molecule has 0 aliphatic rings. The average Bonchev–Trinajstić information content (AvgIpc) is 3.61. The molecule has 220 valence electrons. The van der Waals surface area contributed by atoms with Crippen LogP contribution >= 0.6 is 0 Å². The molecule has 0 saturated heterocycles. The van der Waals surface area contributed by atoms with Crippen LogP contribution in [-0.2, 0) is 0 Å². The van der Waals surface area contributed by atoms with Crippen molar-refractivity contribution in [1.82, 2.24) is 14.0 Å². The maximum atomic E-state index is 16.1. The lowest BCUT2D eigenvalue weighted by atomic mass is 9.96. The van der Waals surface area contributed by atoms with E-state index in [-0.39, 0.29) is 5.56 Å². The van der Waals surface area contributed by atoms with Crippen molar-refractivity contribution in [3.05, 3.63) is 151 Å². The molecule has 3 aromatic heterocycles. The summed E-state index contributed by atoms with van der Waals surface area (Å²) in [6.45, 7) is 0. The molecule has 0 atom stereocenters. The van der Waals surface area contributed by atoms with Gasteiger partial charge in [-0.05, 0) is 47.5 Å². The molecule has 7 heteroatoms. The van der Waals surface area contributed by atoms with Gasteiger partial charge in [0.15, 0.2) is 23.3 Å². The molecular formula is C39H21F4N3. The van der Waals surface area contributed by atoms with Crippen LogP contribution in [0.1, 0.15) is 0 Å². The van der Waals surface area contributed by atoms with E-state index in [2.05, 4.69) is 9.38 Å². The highest BCUT2D eigenvalue weighted by atomic mass is 19.2. The van der Waals surface area contributed by atoms with Gasteiger partial charge in [0.05, 0.1) is 44.9 Å². The zero-order valence-electron chi connectivity index (χ0n) is 24.0. The molecule has 0 fully saturated rings. The largest absolute Gasteiger partial charge is 0.306 e. The molecule has 0 unspecified atom stereocenters. The number of hydrogen-bond acceptors (Lipinski definition) is 1. The second kappa shape index (κ2) is 9.78. The topological polar surface area (TPSA) is 22.2 Å². The van der Waals surface area contributed by atoms with Crippen LogP contribution in [0.5, 0.6) is 0 Å². The van der Waals surface area contributed by atoms with Gasteiger partial charge < -0.3 is 8.97 Å². The lowest BCUT2D eigenvalue weighted by molar-refractivity contribution is 0.454. The van der Waals surface area contributed by atoms with Crippen molar-refractivity contribution in [3.63, 3.8) is 0 Å². The summed E-state index contributed by atoms with van der Waals surface area (Å²) in [6, 6.07) is 36.1. The van der Waals surface area contributed by atoms with Crippen LogP contribution in [0.4, 0.5) is 17.6 Å². The van der Waals surface area contributed by atoms with E-state index < -0.39 is 34.5 Å². The number of nitrogens with zero attached hydrogens (tertiary/aromatic N) is 3. The van der Waals surface area contributed by atoms with Crippen molar-refractivity contribution in [1.29, 1.82) is 0 Å². The third kappa shape index (κ3) is 3.56. The van der Waals surface area contributed by atoms with Gasteiger partial charge in [-0.1, -0.05) is 84.9 Å². The molecular weight excluding hydrogens is 586 g/mol. The molecule has 0 aliphatic carbocycles. The maximum absolute atomic E-state index is 16.1. The minimum atomic E-state index is -1.47. The Morgan fingerprint density at radius 1 is 0.435 bits per heavy atom. The highest BCUT2D eigenvalue weighted by Crippen LogP contribution is 2.41. The number of fused-ring (bicyclic) bond motifs is 8. The van der Waals surface area contributed by atoms with Crippen molar-refractivity contribution >= 4 is 49.3 Å². The standard InChI is InChI=1S/C39H21F4N3/c40-35-34(36(41)38(43)39(37(35)42)46-28-16-5-1-12-24(28)25-13-2-6-17-29(25)46)23-11-9-10-22(20-23)33-26-14-3-7-18-30(26)45-31-19-8-4-15-27(31)44-21-32(33)45/h1-21H. The summed E-state index contributed by atoms with van der Waals surface area (Å²) in [5, 5.41) is 2.32. The molecule has 0 aliphatic heterocycles. The minimum Gasteiger partial charge on any atom is -0.306 e. The summed E-state index contributed by atoms with van der Waals surface area (Å²) in [5.41, 5.74) is 4.17. The van der Waals surface area contributed by atoms with Crippen LogP contribution in [0.25, 0.3) is 77.2 Å². The number of aromatic nitrogens is 3. The minimum absolute atomic E-state index is 0.0104. The SMILES string of the molecule is Fc1c(F)c(-n2c3ccccc3c3ccccc32)c(F)c(F)c1-c1cccc(-c2c3ccccc3n3c2cnc2ccccc23)c1. The van der Waals surface area contributed by atoms with Crippen LogP contribution in [0, 0.1) is 23.3 Å². The Bertz CT molecular complexity index is 2620. The Hall–Kier alpha value is -5.95. The quantitative estimate of drug-likeness (QED) is 0.145. The summed E-state index contributed by atoms with van der Waals surface area (Å²) in [4.78, 5) is 4.66. The highest BCUT2D eigenvalue weighted by Gasteiger charge is 2.29. The Morgan fingerprint density at radius 2 is 0.957 bits per heavy atom. The van der Waals surface area contributed by atoms with Crippen molar-refractivity contribution < 1.29 is 17.6 Å². The van der Waals surface area contributed by atoms with Gasteiger partial charge in [-0.25, -0.2) is 17.6 Å². The zero-order valence-corrected chi connectivity index (χ0v) is 24.0. The summed E-state index contributed by atoms with van der Waals surface area (Å²) in [6.07, 6.45) is 1.77. The molecule has 3 nitrogen and oxygen atoms in total. The molecule has 0 spiro atoms. The van der Waals surface area contributed by atoms with Crippen LogP contribution in [0.15, 0.2) is 128 Å². The van der Waals surface area contributed by atoms with E-state index in [0.717, 1.165) is 33.0 Å². The van der Waals surface area contributed by atoms with Gasteiger partial charge in [0.25, 0.3) is 0 Å². The smallest absolute Gasteiger partial charge is 0.186 e. The van der Waals surface area contributed by atoms with Gasteiger partial charge in [-0.3, -0.25) is 4.98 Å². The molecule has 9 aromatic rings. The number of para-hydroxylation sites is 5. The van der Waals surface area contributed by atoms with E-state index in [0.29, 0.717) is 27.4 Å². The van der Waals surface area contributed by atoms with E-state index in [1.54, 1.807) is 54.7 Å². The summed E-state index contributed by atoms with van der Waals surface area (Å²) in [5.74, 6) is -5.87. The normalized spacial score (nSPS) is 11.9. The van der Waals surface area contributed by atoms with Crippen LogP contribution in [-0.4, -0.2) is 14.0 Å². The van der Waals surface area contributed by atoms with E-state index in [9.17, 15) is 0 Å². The van der Waals surface area contributed by atoms with Crippen LogP contribution in [0.3, 0.4) is 0 Å². The third-order valence-corrected chi connectivity index (χ3v) is 8.84. The first-order valence-corrected chi connectivity index (χ1v) is 14.7. The summed E-state index contributed by atoms with van der Waals surface area (Å²) < 4.78 is 67.9. The Morgan fingerprint density at radius 3 is 1.61 bits per heavy atom. The lowest BCUT2D eigenvalue weighted by Gasteiger charge is -2.15. The van der Waals surface area contributed by atoms with Gasteiger partial charge in [-0.15, -0.1) is 0 Å². The molecule has 3 heterocycles. The zero-order chi connectivity index (χ0) is 31.1. The number of hydrogen-bond donors (Lipinski definition) is 0. The van der Waals surface area contributed by atoms with Crippen LogP contribution < -0.4 is 0 Å². The Kier molecular flexibility index (Phi) is 5.62. The molecule has 0 amide bonds. The van der Waals surface area contributed by atoms with E-state index >= 15 is 17.6 Å². The Balaban J connectivity index is 1.28. The predicted octanol–water partition coefficient (Wildman–Crippen LogP) is 10.6. The van der Waals surface area contributed by atoms with Crippen molar-refractivity contribution in [2.45, 2.75) is 0 Å². The predicted molar refractivity (Wildman–Crippen MR) is 175 cm³/mol. The van der Waals surface area contributed by atoms with Gasteiger partial charge in [0.2, 0.25) is 0 Å². The molecule has 0 N–H and O–H groups in total. The average molecular weight is 608 g/mol. The van der Waals surface area contributed by atoms with Gasteiger partial charge in [0, 0.05) is 21.7 Å². The van der Waals surface area contributed by atoms with Crippen molar-refractivity contribution in [3.8, 4) is 27.9 Å². The monoisotopic (exact) mass is 607 g/mol. The molecule has 6 aromatic carbocycles. The third-order valence-electron chi connectivity index (χ3n) is 8.84. The van der Waals surface area contributed by atoms with Crippen molar-refractivity contribution in [2.75, 3.05) is 0 Å². The van der Waals surface area contributed by atoms with Crippen LogP contribution in [0.2, 0.25) is 0 Å². The fraction of sp³-hybridized carbons (Fsp3) is 0. The molecule has 0 bridgehead atoms. The van der Waals surface area contributed by atoms with Crippen molar-refractivity contribution in [2.24, 2.45) is 0 Å². The molecule has 0 radical (unpaired) electrons. The number of halogens is 4. The van der Waals surface area contributed by atoms with E-state index in [4.69, 9.17) is 0 Å². The fourth-order valence-corrected chi connectivity index (χ4v) is 6.90. The molecule has 46 heavy (non-hydrogen) atoms. The molecule has 9 rings (SSSR count). The number of benzene rings is 6. The van der Waals surface area contributed by atoms with E-state index in [1.165, 1.54) is 10.6 Å². The van der Waals surface area contributed by atoms with Gasteiger partial charge in [0.1, 0.15) is 5.69 Å². The number of rotatable bonds is 3. The van der Waals surface area contributed by atoms with Gasteiger partial charge >= 0.3 is 0 Å². The maximum Gasteiger partial charge on any atom is 0.186 e. The van der Waals surface area contributed by atoms with Gasteiger partial charge in [-0.2, -0.15) is 0 Å². The Labute approximate surface area is 259 Å². The summed E-state index contributed by atoms with van der Waals surface area (Å²) in [7, 11) is 0. The highest BCUT2D eigenvalue weighted by molar-refractivity contribution is 6.10. The second-order valence-corrected chi connectivity index (χ2v) is 11.3. The summed E-state index contributed by atoms with van der Waals surface area (Å²) >= 11 is 0. The lowest BCUT2D eigenvalue weighted by Crippen LogP contribution is -2.09. The molecule has 0 saturated carbocycles.